The maximum absolute atomic E-state index is 4.73. The van der Waals surface area contributed by atoms with Gasteiger partial charge in [0.1, 0.15) is 0 Å². The van der Waals surface area contributed by atoms with Crippen LogP contribution in [0.4, 0.5) is 17.7 Å². The molecule has 0 radical (unpaired) electrons. The molecule has 0 bridgehead atoms. The van der Waals surface area contributed by atoms with Crippen molar-refractivity contribution in [2.45, 2.75) is 51.5 Å². The normalized spacial score (nSPS) is 15.3. The zero-order valence-corrected chi connectivity index (χ0v) is 15.0. The number of nitrogens with zero attached hydrogens (tertiary/aromatic N) is 6. The van der Waals surface area contributed by atoms with Crippen LogP contribution in [0.3, 0.4) is 0 Å². The zero-order chi connectivity index (χ0) is 17.8. The van der Waals surface area contributed by atoms with Crippen molar-refractivity contribution in [1.29, 1.82) is 0 Å². The van der Waals surface area contributed by atoms with Gasteiger partial charge in [-0.3, -0.25) is 5.32 Å². The highest BCUT2D eigenvalue weighted by Gasteiger charge is 2.20. The highest BCUT2D eigenvalue weighted by Crippen LogP contribution is 2.32. The first-order valence-corrected chi connectivity index (χ1v) is 9.37. The van der Waals surface area contributed by atoms with Gasteiger partial charge in [-0.05, 0) is 25.3 Å². The van der Waals surface area contributed by atoms with Crippen LogP contribution in [0.2, 0.25) is 0 Å². The summed E-state index contributed by atoms with van der Waals surface area (Å²) in [5.41, 5.74) is 1.69. The summed E-state index contributed by atoms with van der Waals surface area (Å²) in [5, 5.41) is 6.48. The number of fused-ring (bicyclic) bond motifs is 1. The van der Waals surface area contributed by atoms with Crippen LogP contribution in [0.25, 0.3) is 11.2 Å². The quantitative estimate of drug-likeness (QED) is 0.699. The third-order valence-electron chi connectivity index (χ3n) is 4.72. The summed E-state index contributed by atoms with van der Waals surface area (Å²) >= 11 is 0. The molecule has 0 amide bonds. The molecule has 3 heterocycles. The number of hydrogen-bond donors (Lipinski definition) is 2. The Hall–Kier alpha value is -2.77. The van der Waals surface area contributed by atoms with Crippen molar-refractivity contribution in [3.63, 3.8) is 0 Å². The van der Waals surface area contributed by atoms with E-state index >= 15 is 0 Å². The third-order valence-corrected chi connectivity index (χ3v) is 4.72. The molecule has 3 aromatic heterocycles. The minimum Gasteiger partial charge on any atom is -0.368 e. The van der Waals surface area contributed by atoms with Crippen LogP contribution < -0.4 is 10.6 Å². The molecule has 1 aliphatic rings. The van der Waals surface area contributed by atoms with Crippen molar-refractivity contribution in [3.05, 3.63) is 24.8 Å². The van der Waals surface area contributed by atoms with E-state index in [2.05, 4.69) is 42.1 Å². The van der Waals surface area contributed by atoms with Crippen LogP contribution in [-0.2, 0) is 0 Å². The molecule has 0 aromatic carbocycles. The number of anilines is 3. The van der Waals surface area contributed by atoms with Gasteiger partial charge in [0.25, 0.3) is 0 Å². The number of imidazole rings is 1. The molecule has 0 unspecified atom stereocenters. The van der Waals surface area contributed by atoms with Crippen molar-refractivity contribution in [3.8, 4) is 0 Å². The number of aromatic nitrogens is 6. The summed E-state index contributed by atoms with van der Waals surface area (Å²) in [6.07, 6.45) is 12.5. The van der Waals surface area contributed by atoms with Crippen molar-refractivity contribution < 1.29 is 0 Å². The minimum absolute atomic E-state index is 0.462. The van der Waals surface area contributed by atoms with Gasteiger partial charge in [-0.2, -0.15) is 9.97 Å². The Kier molecular flexibility index (Phi) is 4.90. The second kappa shape index (κ2) is 7.63. The Morgan fingerprint density at radius 3 is 2.62 bits per heavy atom. The molecule has 26 heavy (non-hydrogen) atoms. The van der Waals surface area contributed by atoms with Gasteiger partial charge in [-0.1, -0.05) is 26.2 Å². The summed E-state index contributed by atoms with van der Waals surface area (Å²) < 4.78 is 2.21. The van der Waals surface area contributed by atoms with Gasteiger partial charge in [0.05, 0.1) is 6.33 Å². The Balaban J connectivity index is 1.73. The zero-order valence-electron chi connectivity index (χ0n) is 15.0. The molecule has 0 spiro atoms. The largest absolute Gasteiger partial charge is 0.368 e. The lowest BCUT2D eigenvalue weighted by Gasteiger charge is -2.23. The fraction of sp³-hybridized carbons (Fsp3) is 0.500. The van der Waals surface area contributed by atoms with Crippen molar-refractivity contribution >= 4 is 28.9 Å². The van der Waals surface area contributed by atoms with Crippen molar-refractivity contribution in [1.82, 2.24) is 29.5 Å². The Morgan fingerprint density at radius 2 is 1.85 bits per heavy atom. The van der Waals surface area contributed by atoms with E-state index in [1.165, 1.54) is 32.1 Å². The maximum Gasteiger partial charge on any atom is 0.233 e. The van der Waals surface area contributed by atoms with Crippen LogP contribution in [0.15, 0.2) is 24.8 Å². The average molecular weight is 352 g/mol. The van der Waals surface area contributed by atoms with E-state index in [-0.39, 0.29) is 0 Å². The summed E-state index contributed by atoms with van der Waals surface area (Å²) in [6.45, 7) is 2.96. The van der Waals surface area contributed by atoms with Gasteiger partial charge < -0.3 is 9.88 Å². The van der Waals surface area contributed by atoms with Crippen molar-refractivity contribution in [2.24, 2.45) is 0 Å². The van der Waals surface area contributed by atoms with E-state index in [0.717, 1.165) is 29.9 Å². The molecule has 0 atom stereocenters. The Labute approximate surface area is 152 Å². The SMILES string of the molecule is CCCNc1nc(Nc2ncccn2)nc2c1ncn2C1CCCCC1. The number of rotatable bonds is 6. The molecular weight excluding hydrogens is 328 g/mol. The molecule has 0 saturated heterocycles. The number of hydrogen-bond acceptors (Lipinski definition) is 7. The predicted molar refractivity (Wildman–Crippen MR) is 102 cm³/mol. The molecular formula is C18H24N8. The van der Waals surface area contributed by atoms with Crippen LogP contribution in [0.1, 0.15) is 51.5 Å². The van der Waals surface area contributed by atoms with E-state index in [4.69, 9.17) is 4.98 Å². The van der Waals surface area contributed by atoms with Gasteiger partial charge in [0.2, 0.25) is 11.9 Å². The van der Waals surface area contributed by atoms with Gasteiger partial charge in [0, 0.05) is 25.0 Å². The first kappa shape index (κ1) is 16.7. The van der Waals surface area contributed by atoms with E-state index in [0.29, 0.717) is 17.9 Å². The van der Waals surface area contributed by atoms with Gasteiger partial charge in [0.15, 0.2) is 17.0 Å². The second-order valence-corrected chi connectivity index (χ2v) is 6.64. The van der Waals surface area contributed by atoms with Crippen LogP contribution in [0, 0.1) is 0 Å². The molecule has 136 valence electrons. The van der Waals surface area contributed by atoms with E-state index < -0.39 is 0 Å². The van der Waals surface area contributed by atoms with E-state index in [1.807, 2.05) is 6.33 Å². The lowest BCUT2D eigenvalue weighted by molar-refractivity contribution is 0.358. The Bertz CT molecular complexity index is 854. The molecule has 8 nitrogen and oxygen atoms in total. The van der Waals surface area contributed by atoms with E-state index in [9.17, 15) is 0 Å². The summed E-state index contributed by atoms with van der Waals surface area (Å²) in [7, 11) is 0. The summed E-state index contributed by atoms with van der Waals surface area (Å²) in [6, 6.07) is 2.24. The predicted octanol–water partition coefficient (Wildman–Crippen LogP) is 3.69. The van der Waals surface area contributed by atoms with Crippen LogP contribution in [-0.4, -0.2) is 36.0 Å². The standard InChI is InChI=1S/C18H24N8/c1-2-9-19-15-14-16(26(12-22-14)13-7-4-3-5-8-13)24-18(23-15)25-17-20-10-6-11-21-17/h6,10-13H,2-5,7-9H2,1H3,(H2,19,20,21,23,24,25). The lowest BCUT2D eigenvalue weighted by atomic mass is 9.95. The fourth-order valence-electron chi connectivity index (χ4n) is 3.43. The average Bonchev–Trinajstić information content (AvgIpc) is 3.12. The minimum atomic E-state index is 0.462. The smallest absolute Gasteiger partial charge is 0.233 e. The third kappa shape index (κ3) is 3.44. The monoisotopic (exact) mass is 352 g/mol. The molecule has 1 aliphatic carbocycles. The second-order valence-electron chi connectivity index (χ2n) is 6.64. The van der Waals surface area contributed by atoms with E-state index in [1.54, 1.807) is 18.5 Å². The molecule has 8 heteroatoms. The van der Waals surface area contributed by atoms with Crippen molar-refractivity contribution in [2.75, 3.05) is 17.2 Å². The van der Waals surface area contributed by atoms with Gasteiger partial charge in [-0.25, -0.2) is 15.0 Å². The van der Waals surface area contributed by atoms with Gasteiger partial charge in [-0.15, -0.1) is 0 Å². The number of nitrogens with one attached hydrogen (secondary N) is 2. The topological polar surface area (TPSA) is 93.4 Å². The highest BCUT2D eigenvalue weighted by atomic mass is 15.2. The molecule has 2 N–H and O–H groups in total. The van der Waals surface area contributed by atoms with Crippen LogP contribution >= 0.6 is 0 Å². The maximum atomic E-state index is 4.73. The summed E-state index contributed by atoms with van der Waals surface area (Å²) in [5.74, 6) is 1.72. The first-order valence-electron chi connectivity index (χ1n) is 9.37. The molecule has 0 aliphatic heterocycles. The molecule has 4 rings (SSSR count). The molecule has 1 saturated carbocycles. The fourth-order valence-corrected chi connectivity index (χ4v) is 3.43. The first-order chi connectivity index (χ1) is 12.8. The van der Waals surface area contributed by atoms with Crippen LogP contribution in [0.5, 0.6) is 0 Å². The van der Waals surface area contributed by atoms with Gasteiger partial charge >= 0.3 is 0 Å². The molecule has 1 fully saturated rings. The highest BCUT2D eigenvalue weighted by molar-refractivity contribution is 5.84. The molecule has 3 aromatic rings. The lowest BCUT2D eigenvalue weighted by Crippen LogP contribution is -2.13. The Morgan fingerprint density at radius 1 is 1.04 bits per heavy atom. The summed E-state index contributed by atoms with van der Waals surface area (Å²) in [4.78, 5) is 22.3.